The second kappa shape index (κ2) is 11.5. The van der Waals surface area contributed by atoms with Crippen molar-refractivity contribution in [1.82, 2.24) is 25.1 Å². The second-order valence-corrected chi connectivity index (χ2v) is 9.47. The molecular weight excluding hydrogens is 474 g/mol. The zero-order chi connectivity index (χ0) is 26.5. The predicted octanol–water partition coefficient (Wildman–Crippen LogP) is 2.18. The SMILES string of the molecule is CCCCN1C[C@H]2N(C(=O)CN(C)N2C(=O)NCc2ccc(OC)cc2)[C@@H](Cc2ccc(O)cc2)C1=O. The lowest BCUT2D eigenvalue weighted by atomic mass is 9.98. The summed E-state index contributed by atoms with van der Waals surface area (Å²) in [6, 6.07) is 13.0. The Morgan fingerprint density at radius 3 is 2.41 bits per heavy atom. The van der Waals surface area contributed by atoms with E-state index in [9.17, 15) is 19.5 Å². The first kappa shape index (κ1) is 26.3. The standard InChI is InChI=1S/C27H35N5O5/c1-4-5-14-30-17-24-31(23(26(30)35)15-19-6-10-21(33)11-7-19)25(34)18-29(2)32(24)27(36)28-16-20-8-12-22(37-3)13-9-20/h6-13,23-24,33H,4-5,14-18H2,1-3H3,(H,28,36)/t23-,24-/m0/s1. The molecule has 0 aliphatic carbocycles. The molecule has 4 amide bonds. The third-order valence-electron chi connectivity index (χ3n) is 6.90. The molecule has 2 heterocycles. The van der Waals surface area contributed by atoms with Gasteiger partial charge in [-0.2, -0.15) is 0 Å². The monoisotopic (exact) mass is 509 g/mol. The van der Waals surface area contributed by atoms with E-state index in [4.69, 9.17) is 4.74 Å². The molecule has 2 aliphatic heterocycles. The maximum absolute atomic E-state index is 13.6. The smallest absolute Gasteiger partial charge is 0.334 e. The molecule has 2 aromatic carbocycles. The van der Waals surface area contributed by atoms with Crippen molar-refractivity contribution in [3.8, 4) is 11.5 Å². The van der Waals surface area contributed by atoms with Crippen LogP contribution in [0.3, 0.4) is 0 Å². The van der Waals surface area contributed by atoms with Crippen molar-refractivity contribution in [3.05, 3.63) is 59.7 Å². The molecule has 10 nitrogen and oxygen atoms in total. The summed E-state index contributed by atoms with van der Waals surface area (Å²) in [6.07, 6.45) is 1.43. The molecule has 0 bridgehead atoms. The second-order valence-electron chi connectivity index (χ2n) is 9.47. The summed E-state index contributed by atoms with van der Waals surface area (Å²) < 4.78 is 5.19. The van der Waals surface area contributed by atoms with Gasteiger partial charge in [0.25, 0.3) is 0 Å². The Bertz CT molecular complexity index is 1110. The summed E-state index contributed by atoms with van der Waals surface area (Å²) in [6.45, 7) is 3.16. The molecule has 0 aromatic heterocycles. The van der Waals surface area contributed by atoms with Crippen molar-refractivity contribution in [2.75, 3.05) is 33.8 Å². The van der Waals surface area contributed by atoms with Crippen LogP contribution in [0.25, 0.3) is 0 Å². The average molecular weight is 510 g/mol. The number of phenolic OH excluding ortho intramolecular Hbond substituents is 1. The van der Waals surface area contributed by atoms with E-state index in [1.54, 1.807) is 58.2 Å². The van der Waals surface area contributed by atoms with E-state index >= 15 is 0 Å². The van der Waals surface area contributed by atoms with Gasteiger partial charge in [0.05, 0.1) is 20.2 Å². The number of benzene rings is 2. The fraction of sp³-hybridized carbons (Fsp3) is 0.444. The van der Waals surface area contributed by atoms with Gasteiger partial charge in [-0.25, -0.2) is 14.8 Å². The molecule has 0 saturated carbocycles. The van der Waals surface area contributed by atoms with Crippen LogP contribution in [0, 0.1) is 0 Å². The van der Waals surface area contributed by atoms with E-state index < -0.39 is 12.2 Å². The normalized spacial score (nSPS) is 20.1. The molecule has 37 heavy (non-hydrogen) atoms. The number of carbonyl (C=O) groups excluding carboxylic acids is 3. The number of likely N-dealkylation sites (N-methyl/N-ethyl adjacent to an activating group) is 1. The summed E-state index contributed by atoms with van der Waals surface area (Å²) in [4.78, 5) is 43.6. The van der Waals surface area contributed by atoms with Gasteiger partial charge in [-0.15, -0.1) is 0 Å². The minimum Gasteiger partial charge on any atom is -0.508 e. The van der Waals surface area contributed by atoms with Crippen molar-refractivity contribution in [3.63, 3.8) is 0 Å². The van der Waals surface area contributed by atoms with Gasteiger partial charge in [-0.05, 0) is 41.8 Å². The van der Waals surface area contributed by atoms with Crippen molar-refractivity contribution in [1.29, 1.82) is 0 Å². The van der Waals surface area contributed by atoms with Crippen molar-refractivity contribution >= 4 is 17.8 Å². The van der Waals surface area contributed by atoms with Crippen LogP contribution in [0.5, 0.6) is 11.5 Å². The number of aromatic hydroxyl groups is 1. The van der Waals surface area contributed by atoms with Crippen LogP contribution in [0.1, 0.15) is 30.9 Å². The number of carbonyl (C=O) groups is 3. The Morgan fingerprint density at radius 2 is 1.76 bits per heavy atom. The molecule has 2 aliphatic rings. The molecule has 2 fully saturated rings. The lowest BCUT2D eigenvalue weighted by Gasteiger charge is -2.54. The third-order valence-corrected chi connectivity index (χ3v) is 6.90. The lowest BCUT2D eigenvalue weighted by Crippen LogP contribution is -2.76. The van der Waals surface area contributed by atoms with Crippen LogP contribution in [-0.2, 0) is 22.6 Å². The number of hydrogen-bond donors (Lipinski definition) is 2. The number of unbranched alkanes of at least 4 members (excludes halogenated alkanes) is 1. The minimum atomic E-state index is -0.738. The van der Waals surface area contributed by atoms with Gasteiger partial charge in [0, 0.05) is 26.6 Å². The number of rotatable bonds is 8. The highest BCUT2D eigenvalue weighted by molar-refractivity contribution is 5.91. The largest absolute Gasteiger partial charge is 0.508 e. The predicted molar refractivity (Wildman–Crippen MR) is 137 cm³/mol. The molecule has 2 atom stereocenters. The van der Waals surface area contributed by atoms with E-state index in [0.717, 1.165) is 29.7 Å². The van der Waals surface area contributed by atoms with Crippen molar-refractivity contribution < 1.29 is 24.2 Å². The van der Waals surface area contributed by atoms with Crippen LogP contribution in [-0.4, -0.2) is 88.8 Å². The number of methoxy groups -OCH3 is 1. The van der Waals surface area contributed by atoms with Gasteiger partial charge in [0.2, 0.25) is 11.8 Å². The lowest BCUT2D eigenvalue weighted by molar-refractivity contribution is -0.186. The fourth-order valence-corrected chi connectivity index (χ4v) is 4.91. The minimum absolute atomic E-state index is 0.0131. The molecule has 2 saturated heterocycles. The summed E-state index contributed by atoms with van der Waals surface area (Å²) in [5, 5.41) is 15.8. The molecule has 198 valence electrons. The first-order valence-electron chi connectivity index (χ1n) is 12.6. The Kier molecular flexibility index (Phi) is 8.17. The molecular formula is C27H35N5O5. The number of fused-ring (bicyclic) bond motifs is 1. The quantitative estimate of drug-likeness (QED) is 0.565. The molecule has 4 rings (SSSR count). The van der Waals surface area contributed by atoms with E-state index in [2.05, 4.69) is 12.2 Å². The first-order valence-corrected chi connectivity index (χ1v) is 12.6. The van der Waals surface area contributed by atoms with E-state index in [1.807, 2.05) is 24.3 Å². The number of hydrogen-bond acceptors (Lipinski definition) is 6. The van der Waals surface area contributed by atoms with Gasteiger partial charge in [0.15, 0.2) is 0 Å². The van der Waals surface area contributed by atoms with Crippen LogP contribution in [0.2, 0.25) is 0 Å². The third kappa shape index (κ3) is 5.80. The zero-order valence-corrected chi connectivity index (χ0v) is 21.6. The van der Waals surface area contributed by atoms with Gasteiger partial charge >= 0.3 is 6.03 Å². The van der Waals surface area contributed by atoms with Crippen LogP contribution in [0.15, 0.2) is 48.5 Å². The average Bonchev–Trinajstić information content (AvgIpc) is 2.89. The number of phenols is 1. The first-order chi connectivity index (χ1) is 17.8. The van der Waals surface area contributed by atoms with E-state index in [0.29, 0.717) is 19.5 Å². The van der Waals surface area contributed by atoms with Gasteiger partial charge < -0.3 is 25.0 Å². The van der Waals surface area contributed by atoms with Gasteiger partial charge in [-0.3, -0.25) is 9.59 Å². The van der Waals surface area contributed by atoms with E-state index in [-0.39, 0.29) is 36.7 Å². The highest BCUT2D eigenvalue weighted by Crippen LogP contribution is 2.28. The van der Waals surface area contributed by atoms with E-state index in [1.165, 1.54) is 0 Å². The molecule has 2 N–H and O–H groups in total. The summed E-state index contributed by atoms with van der Waals surface area (Å²) >= 11 is 0. The van der Waals surface area contributed by atoms with Crippen molar-refractivity contribution in [2.45, 2.75) is 44.9 Å². The summed E-state index contributed by atoms with van der Waals surface area (Å²) in [5.74, 6) is 0.559. The molecule has 0 unspecified atom stereocenters. The maximum Gasteiger partial charge on any atom is 0.334 e. The highest BCUT2D eigenvalue weighted by atomic mass is 16.5. The summed E-state index contributed by atoms with van der Waals surface area (Å²) in [5.41, 5.74) is 1.74. The number of piperazine rings is 1. The Hall–Kier alpha value is -3.79. The number of nitrogens with one attached hydrogen (secondary N) is 1. The molecule has 0 radical (unpaired) electrons. The Morgan fingerprint density at radius 1 is 1.08 bits per heavy atom. The summed E-state index contributed by atoms with van der Waals surface area (Å²) in [7, 11) is 3.31. The Balaban J connectivity index is 1.58. The number of ether oxygens (including phenoxy) is 1. The van der Waals surface area contributed by atoms with Crippen LogP contribution >= 0.6 is 0 Å². The van der Waals surface area contributed by atoms with Crippen LogP contribution < -0.4 is 10.1 Å². The number of nitrogens with zero attached hydrogens (tertiary/aromatic N) is 4. The van der Waals surface area contributed by atoms with Gasteiger partial charge in [-0.1, -0.05) is 37.6 Å². The van der Waals surface area contributed by atoms with Crippen LogP contribution in [0.4, 0.5) is 4.79 Å². The number of hydrazine groups is 1. The molecule has 0 spiro atoms. The maximum atomic E-state index is 13.6. The topological polar surface area (TPSA) is 106 Å². The number of urea groups is 1. The number of amides is 4. The Labute approximate surface area is 217 Å². The van der Waals surface area contributed by atoms with Crippen molar-refractivity contribution in [2.24, 2.45) is 0 Å². The van der Waals surface area contributed by atoms with Gasteiger partial charge in [0.1, 0.15) is 23.7 Å². The zero-order valence-electron chi connectivity index (χ0n) is 21.6. The molecule has 10 heteroatoms. The fourth-order valence-electron chi connectivity index (χ4n) is 4.91. The highest BCUT2D eigenvalue weighted by Gasteiger charge is 2.50. The molecule has 2 aromatic rings.